The molecule has 20 atom stereocenters. The van der Waals surface area contributed by atoms with Gasteiger partial charge in [-0.15, -0.1) is 0 Å². The third kappa shape index (κ3) is 23.8. The van der Waals surface area contributed by atoms with Crippen LogP contribution in [0.1, 0.15) is 323 Å². The fourth-order valence-electron chi connectivity index (χ4n) is 12.4. The van der Waals surface area contributed by atoms with E-state index in [2.05, 4.69) is 0 Å². The van der Waals surface area contributed by atoms with Gasteiger partial charge in [-0.2, -0.15) is 0 Å². The van der Waals surface area contributed by atoms with Crippen molar-refractivity contribution in [1.29, 1.82) is 0 Å². The van der Waals surface area contributed by atoms with Gasteiger partial charge in [-0.25, -0.2) is 0 Å². The number of ether oxygens (including phenoxy) is 12. The third-order valence-electron chi connectivity index (χ3n) is 19.0. The molecule has 8 heterocycles. The van der Waals surface area contributed by atoms with Gasteiger partial charge >= 0.3 is 23.9 Å². The van der Waals surface area contributed by atoms with Crippen molar-refractivity contribution in [3.05, 3.63) is 92.8 Å². The number of nitrogens with zero attached hydrogens (tertiary/aromatic N) is 4. The van der Waals surface area contributed by atoms with Crippen LogP contribution in [-0.2, 0) is 63.8 Å². The van der Waals surface area contributed by atoms with Gasteiger partial charge in [0.05, 0.1) is 89.5 Å². The number of esters is 4. The Morgan fingerprint density at radius 2 is 0.558 bits per heavy atom. The minimum Gasteiger partial charge on any atom is -0.493 e. The number of piperidine rings is 4. The summed E-state index contributed by atoms with van der Waals surface area (Å²) in [5.41, 5.74) is 19.3. The molecule has 12 rings (SSSR count). The summed E-state index contributed by atoms with van der Waals surface area (Å²) in [4.78, 5) is 54.6. The Hall–Kier alpha value is -7.16. The molecule has 0 radical (unpaired) electrons. The van der Waals surface area contributed by atoms with Gasteiger partial charge in [0.1, 0.15) is 48.6 Å². The molecule has 24 heteroatoms. The minimum absolute atomic E-state index is 0.0872. The van der Waals surface area contributed by atoms with E-state index in [4.69, 9.17) is 140 Å². The van der Waals surface area contributed by atoms with Crippen LogP contribution in [0, 0.1) is 70.8 Å². The van der Waals surface area contributed by atoms with Crippen molar-refractivity contribution in [3.63, 3.8) is 0 Å². The fraction of sp³-hybridized carbons (Fsp3) is 0.708. The highest BCUT2D eigenvalue weighted by Gasteiger charge is 2.47. The summed E-state index contributed by atoms with van der Waals surface area (Å²) in [5.74, 6) is -43.1. The van der Waals surface area contributed by atoms with Crippen LogP contribution in [0.15, 0.2) is 48.3 Å². The molecule has 4 aromatic carbocycles. The van der Waals surface area contributed by atoms with Crippen molar-refractivity contribution in [2.24, 2.45) is 93.8 Å². The Morgan fingerprint density at radius 3 is 0.742 bits per heavy atom. The number of fused-ring (bicyclic) bond motifs is 12. The molecule has 0 spiro atoms. The quantitative estimate of drug-likeness (QED) is 0.0303. The number of rotatable bonds is 28. The molecule has 16 unspecified atom stereocenters. The van der Waals surface area contributed by atoms with E-state index >= 15 is 0 Å². The molecule has 0 aliphatic carbocycles. The predicted molar refractivity (Wildman–Crippen MR) is 471 cm³/mol. The molecule has 8 aliphatic heterocycles. The van der Waals surface area contributed by atoms with Crippen molar-refractivity contribution in [3.8, 4) is 46.0 Å². The Balaban J connectivity index is 0.000000273. The number of benzene rings is 4. The number of methoxy groups -OCH3 is 8. The van der Waals surface area contributed by atoms with E-state index in [1.807, 2.05) is 0 Å². The Morgan fingerprint density at radius 1 is 0.367 bits per heavy atom. The number of carbonyl (C=O) groups is 4. The lowest BCUT2D eigenvalue weighted by atomic mass is 9.79. The zero-order valence-corrected chi connectivity index (χ0v) is 69.2. The third-order valence-corrected chi connectivity index (χ3v) is 19.0. The van der Waals surface area contributed by atoms with Crippen molar-refractivity contribution in [2.75, 3.05) is 109 Å². The van der Waals surface area contributed by atoms with Crippen molar-refractivity contribution in [1.82, 2.24) is 19.6 Å². The average molecular weight is 1740 g/mol. The van der Waals surface area contributed by atoms with E-state index in [0.29, 0.717) is 42.4 Å². The number of hydrogen-bond donors (Lipinski definition) is 4. The Kier molecular flexibility index (Phi) is 14.5. The molecule has 8 N–H and O–H groups in total. The summed E-state index contributed by atoms with van der Waals surface area (Å²) in [5, 5.41) is 0. The van der Waals surface area contributed by atoms with Gasteiger partial charge in [-0.05, 0) is 191 Å². The molecule has 4 fully saturated rings. The second-order valence-electron chi connectivity index (χ2n) is 29.3. The number of nitrogens with two attached hydrogens (primary N) is 4. The van der Waals surface area contributed by atoms with Crippen LogP contribution in [0.25, 0.3) is 0 Å². The van der Waals surface area contributed by atoms with E-state index in [-0.39, 0.29) is 45.6 Å². The fourth-order valence-corrected chi connectivity index (χ4v) is 12.4. The largest absolute Gasteiger partial charge is 0.493 e. The molecule has 4 aromatic rings. The second-order valence-corrected chi connectivity index (χ2v) is 29.3. The molecule has 672 valence electrons. The van der Waals surface area contributed by atoms with Gasteiger partial charge < -0.3 is 79.8 Å². The lowest BCUT2D eigenvalue weighted by Gasteiger charge is -2.47. The number of carbonyl (C=O) groups excluding carboxylic acids is 4. The van der Waals surface area contributed by atoms with Crippen LogP contribution in [0.4, 0.5) is 0 Å². The zero-order chi connectivity index (χ0) is 148. The van der Waals surface area contributed by atoms with Gasteiger partial charge in [0.15, 0.2) is 46.0 Å². The van der Waals surface area contributed by atoms with E-state index in [1.54, 1.807) is 0 Å². The Labute approximate surface area is 814 Å². The first-order chi connectivity index (χ1) is 83.3. The van der Waals surface area contributed by atoms with Crippen LogP contribution in [0.3, 0.4) is 0 Å². The van der Waals surface area contributed by atoms with E-state index < -0.39 is 450 Å². The van der Waals surface area contributed by atoms with Gasteiger partial charge in [0.2, 0.25) is 0 Å². The van der Waals surface area contributed by atoms with Crippen molar-refractivity contribution >= 4 is 23.9 Å². The van der Waals surface area contributed by atoms with Crippen LogP contribution in [-0.4, -0.2) is 201 Å². The monoisotopic (exact) mass is 1740 g/mol. The first-order valence-electron chi connectivity index (χ1n) is 71.9. The zero-order valence-electron chi connectivity index (χ0n) is 137. The first-order valence-corrected chi connectivity index (χ1v) is 37.9. The molecule has 0 aromatic heterocycles. The van der Waals surface area contributed by atoms with Gasteiger partial charge in [0, 0.05) is 186 Å². The van der Waals surface area contributed by atoms with E-state index in [0.717, 1.165) is 21.3 Å². The molecular weight excluding hydrogens is 1520 g/mol. The normalized spacial score (nSPS) is 44.7. The highest BCUT2D eigenvalue weighted by atomic mass is 16.6. The molecule has 0 amide bonds. The maximum Gasteiger partial charge on any atom is 0.323 e. The molecule has 4 saturated heterocycles. The molecule has 0 saturated carbocycles. The molecule has 120 heavy (non-hydrogen) atoms. The van der Waals surface area contributed by atoms with Crippen molar-refractivity contribution < 1.29 is 169 Å². The summed E-state index contributed by atoms with van der Waals surface area (Å²) >= 11 is 0. The van der Waals surface area contributed by atoms with Crippen LogP contribution in [0.5, 0.6) is 46.0 Å². The second kappa shape index (κ2) is 43.9. The maximum absolute atomic E-state index is 13.3. The highest BCUT2D eigenvalue weighted by molar-refractivity contribution is 5.77. The molecular formula is C96H152N8O16. The standard InChI is InChI=1S/4C24H38N2O4/c4*1-14(2)9-17-13-26-8-7-16-10-21(28-5)22(29-6)11-18(16)19(26)12-20(17)30-24(27)23(25)15(3)4/h4*10-11,14-15,17,19-20,23H,7-9,12-13,25H2,1-6H3/t4*17?,19?,20?,23-/m0000/s1/i1D3,5D3,6D3,9D2,10D,11D,12D2,13D2,14D,17D,19D;1D3,6D3,9D2,10D,11D,12D2,13D2,14D,17D,19D;1D3,5D3,9D2,10D,11D,12D2,13D2,14D,17D,19D;1D3,9D2,10D,11D,12D2,13D2,14D,17D,19D/t4*14?,17?,19?,20?,23-. The topological polar surface area (TPSA) is 296 Å². The smallest absolute Gasteiger partial charge is 0.323 e. The lowest BCUT2D eigenvalue weighted by molar-refractivity contribution is -0.161. The summed E-state index contributed by atoms with van der Waals surface area (Å²) in [6.07, 6.45) is -44.1. The van der Waals surface area contributed by atoms with Crippen LogP contribution in [0.2, 0.25) is 0 Å². The minimum atomic E-state index is -3.96. The number of hydrogen-bond acceptors (Lipinski definition) is 24. The van der Waals surface area contributed by atoms with Crippen LogP contribution < -0.4 is 60.8 Å². The Bertz CT molecular complexity index is 7330. The first kappa shape index (κ1) is 39.6. The van der Waals surface area contributed by atoms with Gasteiger partial charge in [0.25, 0.3) is 0 Å². The highest BCUT2D eigenvalue weighted by Crippen LogP contribution is 2.50. The summed E-state index contributed by atoms with van der Waals surface area (Å²) in [6.45, 7) is -17.8. The van der Waals surface area contributed by atoms with Crippen LogP contribution >= 0.6 is 0 Å². The summed E-state index contributed by atoms with van der Waals surface area (Å²) < 4.78 is 647. The van der Waals surface area contributed by atoms with Gasteiger partial charge in [-0.1, -0.05) is 110 Å². The lowest BCUT2D eigenvalue weighted by Crippen LogP contribution is -2.51. The molecule has 8 aliphatic rings. The average Bonchev–Trinajstić information content (AvgIpc) is 0.658. The van der Waals surface area contributed by atoms with E-state index in [1.165, 1.54) is 62.5 Å². The van der Waals surface area contributed by atoms with E-state index in [9.17, 15) is 52.1 Å². The SMILES string of the molecule is [2H]c1c2c(c([2H])c(OC([2H])([2H])[2H])c1OC([2H])([2H])[2H])C1([2H])N(CC2)C([2H])([2H])C([2H])(C([2H])([2H])C([2H])(C)C([2H])([2H])[2H])C(OC(=O)[C@@H](N)C(C)C)C1([2H])[2H].[2H]c1c2c(c([2H])c(OC([2H])([2H])[2H])c1OC)C1([2H])N(CC2)C([2H])([2H])C([2H])(C([2H])([2H])C([2H])(C)C([2H])([2H])[2H])C(OC(=O)[C@@H](N)C(C)C)C1([2H])[2H].[2H]c1c2c(c([2H])c(OC)c1OC([2H])([2H])[2H])C1([2H])N(CC2)C([2H])([2H])C([2H])(C([2H])([2H])C([2H])(C)C([2H])([2H])[2H])C(OC(=O)[C@@H](N)C(C)C)C1([2H])[2H].[2H]c1c2c(c([2H])c(OC)c1OC)C1([2H])N(CC2)C([2H])([2H])C([2H])(C([2H])([2H])C([2H])(C)C([2H])([2H])[2H])C(OC(=O)[C@@H](N)C(C)C)C1([2H])[2H]. The van der Waals surface area contributed by atoms with Crippen molar-refractivity contribution in [2.45, 2.75) is 260 Å². The maximum atomic E-state index is 13.3. The molecule has 24 nitrogen and oxygen atoms in total. The summed E-state index contributed by atoms with van der Waals surface area (Å²) in [7, 11) is -8.84. The molecule has 0 bridgehead atoms. The predicted octanol–water partition coefficient (Wildman–Crippen LogP) is 14.3. The van der Waals surface area contributed by atoms with Gasteiger partial charge in [-0.3, -0.25) is 38.8 Å². The summed E-state index contributed by atoms with van der Waals surface area (Å²) in [6, 6.07) is -25.9.